The van der Waals surface area contributed by atoms with Crippen molar-refractivity contribution in [1.82, 2.24) is 0 Å². The van der Waals surface area contributed by atoms with Crippen molar-refractivity contribution in [3.63, 3.8) is 0 Å². The average Bonchev–Trinajstić information content (AvgIpc) is 2.94. The van der Waals surface area contributed by atoms with Gasteiger partial charge in [-0.05, 0) is 54.4 Å². The summed E-state index contributed by atoms with van der Waals surface area (Å²) in [7, 11) is 2.81. The van der Waals surface area contributed by atoms with Crippen molar-refractivity contribution in [3.8, 4) is 11.5 Å². The van der Waals surface area contributed by atoms with Crippen LogP contribution in [-0.4, -0.2) is 55.3 Å². The summed E-state index contributed by atoms with van der Waals surface area (Å²) in [5, 5.41) is 12.5. The molecular weight excluding hydrogens is 494 g/mol. The largest absolute Gasteiger partial charge is 0.497 e. The smallest absolute Gasteiger partial charge is 0.349 e. The third-order valence-electron chi connectivity index (χ3n) is 5.51. The second kappa shape index (κ2) is 12.9. The van der Waals surface area contributed by atoms with E-state index in [2.05, 4.69) is 5.32 Å². The summed E-state index contributed by atoms with van der Waals surface area (Å²) in [5.74, 6) is -4.08. The molecule has 0 heterocycles. The highest BCUT2D eigenvalue weighted by Crippen LogP contribution is 2.21. The van der Waals surface area contributed by atoms with Crippen LogP contribution in [0.3, 0.4) is 0 Å². The average molecular weight is 522 g/mol. The number of aryl methyl sites for hydroxylation is 1. The molecule has 0 radical (unpaired) electrons. The van der Waals surface area contributed by atoms with Gasteiger partial charge in [-0.2, -0.15) is 0 Å². The molecule has 1 amide bonds. The van der Waals surface area contributed by atoms with E-state index in [9.17, 15) is 24.3 Å². The van der Waals surface area contributed by atoms with Crippen molar-refractivity contribution in [2.24, 2.45) is 0 Å². The molecule has 10 heteroatoms. The van der Waals surface area contributed by atoms with Gasteiger partial charge in [0.1, 0.15) is 11.5 Å². The van der Waals surface area contributed by atoms with Gasteiger partial charge in [-0.25, -0.2) is 14.4 Å². The predicted molar refractivity (Wildman–Crippen MR) is 136 cm³/mol. The van der Waals surface area contributed by atoms with Crippen LogP contribution in [0.4, 0.5) is 5.69 Å². The standard InChI is InChI=1S/C28H27NO9/c1-4-17-9-5-6-14-22(17)29-25(30)23(37-27(33)18-10-7-12-20(15-18)35-2)24(26(31)32)38-28(34)19-11-8-13-21(16-19)36-3/h5-16,23-24H,4H2,1-3H3,(H,29,30)(H,31,32)/t23-,24+/m1/s1. The molecule has 0 unspecified atom stereocenters. The summed E-state index contributed by atoms with van der Waals surface area (Å²) in [6, 6.07) is 18.6. The van der Waals surface area contributed by atoms with Crippen LogP contribution in [0.5, 0.6) is 11.5 Å². The van der Waals surface area contributed by atoms with Crippen molar-refractivity contribution in [3.05, 3.63) is 89.5 Å². The molecule has 0 bridgehead atoms. The molecule has 198 valence electrons. The maximum absolute atomic E-state index is 13.3. The first-order valence-corrected chi connectivity index (χ1v) is 11.6. The maximum atomic E-state index is 13.3. The fraction of sp³-hybridized carbons (Fsp3) is 0.214. The Bertz CT molecular complexity index is 1320. The van der Waals surface area contributed by atoms with Crippen molar-refractivity contribution < 1.29 is 43.2 Å². The highest BCUT2D eigenvalue weighted by atomic mass is 16.6. The number of hydrogen-bond donors (Lipinski definition) is 2. The number of amides is 1. The molecule has 2 N–H and O–H groups in total. The van der Waals surface area contributed by atoms with Gasteiger partial charge in [0.25, 0.3) is 5.91 Å². The molecule has 0 fully saturated rings. The lowest BCUT2D eigenvalue weighted by molar-refractivity contribution is -0.157. The number of carboxylic acids is 1. The van der Waals surface area contributed by atoms with E-state index in [1.807, 2.05) is 6.92 Å². The topological polar surface area (TPSA) is 137 Å². The molecule has 0 spiro atoms. The van der Waals surface area contributed by atoms with E-state index in [-0.39, 0.29) is 11.1 Å². The molecule has 3 aromatic rings. The summed E-state index contributed by atoms with van der Waals surface area (Å²) in [4.78, 5) is 51.4. The van der Waals surface area contributed by atoms with E-state index in [4.69, 9.17) is 18.9 Å². The summed E-state index contributed by atoms with van der Waals surface area (Å²) in [5.41, 5.74) is 1.13. The molecule has 38 heavy (non-hydrogen) atoms. The maximum Gasteiger partial charge on any atom is 0.349 e. The Hall–Kier alpha value is -4.86. The summed E-state index contributed by atoms with van der Waals surface area (Å²) >= 11 is 0. The minimum Gasteiger partial charge on any atom is -0.497 e. The van der Waals surface area contributed by atoms with Gasteiger partial charge < -0.3 is 29.4 Å². The predicted octanol–water partition coefficient (Wildman–Crippen LogP) is 3.74. The number of anilines is 1. The molecule has 10 nitrogen and oxygen atoms in total. The summed E-state index contributed by atoms with van der Waals surface area (Å²) in [6.07, 6.45) is -3.64. The number of para-hydroxylation sites is 1. The third kappa shape index (κ3) is 6.88. The molecule has 0 aliphatic rings. The van der Waals surface area contributed by atoms with Gasteiger partial charge in [-0.15, -0.1) is 0 Å². The summed E-state index contributed by atoms with van der Waals surface area (Å²) < 4.78 is 20.8. The fourth-order valence-corrected chi connectivity index (χ4v) is 3.52. The molecule has 0 aromatic heterocycles. The fourth-order valence-electron chi connectivity index (χ4n) is 3.52. The number of methoxy groups -OCH3 is 2. The van der Waals surface area contributed by atoms with Crippen LogP contribution >= 0.6 is 0 Å². The van der Waals surface area contributed by atoms with Crippen LogP contribution in [0.25, 0.3) is 0 Å². The number of esters is 2. The van der Waals surface area contributed by atoms with Crippen LogP contribution in [0.15, 0.2) is 72.8 Å². The van der Waals surface area contributed by atoms with Crippen molar-refractivity contribution in [1.29, 1.82) is 0 Å². The van der Waals surface area contributed by atoms with Gasteiger partial charge in [-0.1, -0.05) is 37.3 Å². The Balaban J connectivity index is 1.95. The van der Waals surface area contributed by atoms with Gasteiger partial charge in [0.05, 0.1) is 25.3 Å². The van der Waals surface area contributed by atoms with E-state index in [0.29, 0.717) is 23.6 Å². The van der Waals surface area contributed by atoms with Crippen molar-refractivity contribution >= 4 is 29.5 Å². The molecule has 3 aromatic carbocycles. The van der Waals surface area contributed by atoms with Crippen LogP contribution in [0, 0.1) is 0 Å². The van der Waals surface area contributed by atoms with Gasteiger partial charge in [-0.3, -0.25) is 4.79 Å². The SMILES string of the molecule is CCc1ccccc1NC(=O)[C@H](OC(=O)c1cccc(OC)c1)[C@H](OC(=O)c1cccc(OC)c1)C(=O)O. The summed E-state index contributed by atoms with van der Waals surface area (Å²) in [6.45, 7) is 1.88. The van der Waals surface area contributed by atoms with E-state index < -0.39 is 36.0 Å². The first kappa shape index (κ1) is 27.7. The minimum absolute atomic E-state index is 0.000584. The zero-order chi connectivity index (χ0) is 27.7. The number of ether oxygens (including phenoxy) is 4. The third-order valence-corrected chi connectivity index (χ3v) is 5.51. The van der Waals surface area contributed by atoms with Crippen LogP contribution in [0.2, 0.25) is 0 Å². The lowest BCUT2D eigenvalue weighted by atomic mass is 10.1. The molecule has 0 saturated heterocycles. The van der Waals surface area contributed by atoms with Gasteiger partial charge in [0.2, 0.25) is 12.2 Å². The highest BCUT2D eigenvalue weighted by Gasteiger charge is 2.41. The number of carboxylic acid groups (broad SMARTS) is 1. The Labute approximate surface area is 219 Å². The van der Waals surface area contributed by atoms with Crippen LogP contribution < -0.4 is 14.8 Å². The first-order chi connectivity index (χ1) is 18.3. The van der Waals surface area contributed by atoms with Crippen molar-refractivity contribution in [2.75, 3.05) is 19.5 Å². The lowest BCUT2D eigenvalue weighted by Gasteiger charge is -2.24. The lowest BCUT2D eigenvalue weighted by Crippen LogP contribution is -2.48. The van der Waals surface area contributed by atoms with E-state index in [1.165, 1.54) is 50.6 Å². The number of benzene rings is 3. The van der Waals surface area contributed by atoms with E-state index in [0.717, 1.165) is 5.56 Å². The van der Waals surface area contributed by atoms with E-state index >= 15 is 0 Å². The minimum atomic E-state index is -2.17. The zero-order valence-electron chi connectivity index (χ0n) is 21.0. The second-order valence-electron chi connectivity index (χ2n) is 7.95. The first-order valence-electron chi connectivity index (χ1n) is 11.6. The second-order valence-corrected chi connectivity index (χ2v) is 7.95. The number of hydrogen-bond acceptors (Lipinski definition) is 8. The quantitative estimate of drug-likeness (QED) is 0.361. The molecule has 0 aliphatic heterocycles. The Morgan fingerprint density at radius 3 is 1.79 bits per heavy atom. The molecule has 0 aliphatic carbocycles. The zero-order valence-corrected chi connectivity index (χ0v) is 21.0. The Morgan fingerprint density at radius 1 is 0.763 bits per heavy atom. The van der Waals surface area contributed by atoms with Crippen LogP contribution in [0.1, 0.15) is 33.2 Å². The molecular formula is C28H27NO9. The Morgan fingerprint density at radius 2 is 1.29 bits per heavy atom. The number of carbonyl (C=O) groups excluding carboxylic acids is 3. The Kier molecular flexibility index (Phi) is 9.42. The molecule has 3 rings (SSSR count). The number of aliphatic carboxylic acids is 1. The molecule has 2 atom stereocenters. The van der Waals surface area contributed by atoms with Gasteiger partial charge in [0.15, 0.2) is 0 Å². The van der Waals surface area contributed by atoms with Crippen molar-refractivity contribution in [2.45, 2.75) is 25.6 Å². The van der Waals surface area contributed by atoms with Gasteiger partial charge >= 0.3 is 17.9 Å². The normalized spacial score (nSPS) is 12.0. The monoisotopic (exact) mass is 521 g/mol. The van der Waals surface area contributed by atoms with Crippen LogP contribution in [-0.2, 0) is 25.5 Å². The molecule has 0 saturated carbocycles. The van der Waals surface area contributed by atoms with Gasteiger partial charge in [0, 0.05) is 5.69 Å². The van der Waals surface area contributed by atoms with E-state index in [1.54, 1.807) is 36.4 Å². The highest BCUT2D eigenvalue weighted by molar-refractivity contribution is 6.02. The number of rotatable bonds is 11. The number of nitrogens with one attached hydrogen (secondary N) is 1. The number of carbonyl (C=O) groups is 4.